The van der Waals surface area contributed by atoms with Gasteiger partial charge >= 0.3 is 0 Å². The largest absolute Gasteiger partial charge is 0.494 e. The molecule has 0 atom stereocenters. The van der Waals surface area contributed by atoms with E-state index in [0.29, 0.717) is 5.69 Å². The molecule has 0 saturated carbocycles. The Labute approximate surface area is 105 Å². The van der Waals surface area contributed by atoms with Gasteiger partial charge in [-0.3, -0.25) is 4.79 Å². The highest BCUT2D eigenvalue weighted by Gasteiger charge is 2.61. The normalized spacial score (nSPS) is 20.4. The lowest BCUT2D eigenvalue weighted by atomic mass is 10.1. The quantitative estimate of drug-likeness (QED) is 0.800. The summed E-state index contributed by atoms with van der Waals surface area (Å²) in [5, 5.41) is 0. The number of nitrogens with zero attached hydrogens (tertiary/aromatic N) is 1. The molecule has 7 heteroatoms. The standard InChI is InChI=1S/C11H14N2O4S/c1-11(2)10(14)13(18(11,15)16)8-5-4-7(12)6-9(8)17-3/h4-6H,12H2,1-3H3. The van der Waals surface area contributed by atoms with Gasteiger partial charge in [0.05, 0.1) is 7.11 Å². The maximum Gasteiger partial charge on any atom is 0.263 e. The van der Waals surface area contributed by atoms with Gasteiger partial charge < -0.3 is 10.5 Å². The van der Waals surface area contributed by atoms with E-state index in [1.54, 1.807) is 0 Å². The number of sulfonamides is 1. The van der Waals surface area contributed by atoms with Gasteiger partial charge in [-0.05, 0) is 26.0 Å². The molecule has 0 unspecified atom stereocenters. The summed E-state index contributed by atoms with van der Waals surface area (Å²) in [7, 11) is -2.30. The average molecular weight is 270 g/mol. The zero-order valence-electron chi connectivity index (χ0n) is 10.3. The van der Waals surface area contributed by atoms with Crippen LogP contribution in [0.25, 0.3) is 0 Å². The predicted octanol–water partition coefficient (Wildman–Crippen LogP) is 0.732. The molecule has 1 aromatic rings. The van der Waals surface area contributed by atoms with E-state index in [1.165, 1.54) is 39.2 Å². The molecule has 1 heterocycles. The number of hydrogen-bond acceptors (Lipinski definition) is 5. The minimum absolute atomic E-state index is 0.191. The van der Waals surface area contributed by atoms with E-state index in [0.717, 1.165) is 4.31 Å². The topological polar surface area (TPSA) is 89.7 Å². The fourth-order valence-corrected chi connectivity index (χ4v) is 3.25. The Morgan fingerprint density at radius 2 is 1.94 bits per heavy atom. The summed E-state index contributed by atoms with van der Waals surface area (Å²) >= 11 is 0. The van der Waals surface area contributed by atoms with E-state index in [-0.39, 0.29) is 11.4 Å². The molecule has 0 spiro atoms. The lowest BCUT2D eigenvalue weighted by Crippen LogP contribution is -2.67. The average Bonchev–Trinajstić information content (AvgIpc) is 2.30. The van der Waals surface area contributed by atoms with Crippen molar-refractivity contribution >= 4 is 27.3 Å². The smallest absolute Gasteiger partial charge is 0.263 e. The molecule has 0 aromatic heterocycles. The zero-order valence-corrected chi connectivity index (χ0v) is 11.1. The maximum atomic E-state index is 12.1. The molecule has 0 radical (unpaired) electrons. The van der Waals surface area contributed by atoms with E-state index in [9.17, 15) is 13.2 Å². The van der Waals surface area contributed by atoms with Crippen molar-refractivity contribution in [2.45, 2.75) is 18.6 Å². The summed E-state index contributed by atoms with van der Waals surface area (Å²) in [5.41, 5.74) is 6.21. The van der Waals surface area contributed by atoms with Crippen LogP contribution in [0.1, 0.15) is 13.8 Å². The van der Waals surface area contributed by atoms with Gasteiger partial charge in [0, 0.05) is 11.8 Å². The maximum absolute atomic E-state index is 12.1. The lowest BCUT2D eigenvalue weighted by molar-refractivity contribution is -0.120. The molecule has 18 heavy (non-hydrogen) atoms. The molecule has 1 aliphatic heterocycles. The van der Waals surface area contributed by atoms with Crippen molar-refractivity contribution in [3.63, 3.8) is 0 Å². The summed E-state index contributed by atoms with van der Waals surface area (Å²) in [6, 6.07) is 4.45. The van der Waals surface area contributed by atoms with E-state index >= 15 is 0 Å². The third-order valence-electron chi connectivity index (χ3n) is 3.01. The number of ether oxygens (including phenoxy) is 1. The molecule has 1 saturated heterocycles. The number of benzene rings is 1. The summed E-state index contributed by atoms with van der Waals surface area (Å²) in [6.45, 7) is 2.76. The first-order valence-corrected chi connectivity index (χ1v) is 6.70. The van der Waals surface area contributed by atoms with Gasteiger partial charge in [-0.1, -0.05) is 0 Å². The number of methoxy groups -OCH3 is 1. The van der Waals surface area contributed by atoms with Gasteiger partial charge in [0.2, 0.25) is 0 Å². The molecule has 1 aromatic carbocycles. The van der Waals surface area contributed by atoms with Crippen LogP contribution in [0.15, 0.2) is 18.2 Å². The van der Waals surface area contributed by atoms with E-state index in [1.807, 2.05) is 0 Å². The second kappa shape index (κ2) is 3.61. The minimum Gasteiger partial charge on any atom is -0.494 e. The highest BCUT2D eigenvalue weighted by atomic mass is 32.2. The number of carbonyl (C=O) groups excluding carboxylic acids is 1. The molecule has 1 amide bonds. The Bertz CT molecular complexity index is 622. The van der Waals surface area contributed by atoms with Crippen molar-refractivity contribution in [1.82, 2.24) is 0 Å². The zero-order chi connectivity index (χ0) is 13.7. The molecule has 98 valence electrons. The molecule has 2 N–H and O–H groups in total. The van der Waals surface area contributed by atoms with Crippen LogP contribution in [0.5, 0.6) is 5.75 Å². The number of hydrogen-bond donors (Lipinski definition) is 1. The van der Waals surface area contributed by atoms with Gasteiger partial charge in [-0.15, -0.1) is 0 Å². The third kappa shape index (κ3) is 1.40. The first-order valence-electron chi connectivity index (χ1n) is 5.26. The number of amides is 1. The molecule has 1 aliphatic rings. The summed E-state index contributed by atoms with van der Waals surface area (Å²) in [4.78, 5) is 11.9. The van der Waals surface area contributed by atoms with Crippen molar-refractivity contribution in [2.75, 3.05) is 17.1 Å². The van der Waals surface area contributed by atoms with Gasteiger partial charge in [0.25, 0.3) is 15.9 Å². The Balaban J connectivity index is 2.56. The van der Waals surface area contributed by atoms with Crippen LogP contribution in [-0.4, -0.2) is 26.2 Å². The van der Waals surface area contributed by atoms with E-state index in [4.69, 9.17) is 10.5 Å². The molecule has 2 rings (SSSR count). The molecular formula is C11H14N2O4S. The second-order valence-electron chi connectivity index (χ2n) is 4.52. The highest BCUT2D eigenvalue weighted by Crippen LogP contribution is 2.43. The van der Waals surface area contributed by atoms with Gasteiger partial charge in [0.1, 0.15) is 11.4 Å². The number of carbonyl (C=O) groups is 1. The monoisotopic (exact) mass is 270 g/mol. The van der Waals surface area contributed by atoms with Crippen molar-refractivity contribution in [3.8, 4) is 5.75 Å². The number of rotatable bonds is 2. The molecular weight excluding hydrogens is 256 g/mol. The third-order valence-corrected chi connectivity index (χ3v) is 5.31. The van der Waals surface area contributed by atoms with Crippen LogP contribution >= 0.6 is 0 Å². The van der Waals surface area contributed by atoms with Crippen molar-refractivity contribution < 1.29 is 17.9 Å². The van der Waals surface area contributed by atoms with Crippen LogP contribution in [-0.2, 0) is 14.8 Å². The van der Waals surface area contributed by atoms with Gasteiger partial charge in [-0.25, -0.2) is 12.7 Å². The fraction of sp³-hybridized carbons (Fsp3) is 0.364. The van der Waals surface area contributed by atoms with E-state index < -0.39 is 20.7 Å². The number of nitrogens with two attached hydrogens (primary N) is 1. The SMILES string of the molecule is COc1cc(N)ccc1N1C(=O)C(C)(C)S1(=O)=O. The predicted molar refractivity (Wildman–Crippen MR) is 67.9 cm³/mol. The first-order chi connectivity index (χ1) is 8.23. The van der Waals surface area contributed by atoms with Gasteiger partial charge in [-0.2, -0.15) is 0 Å². The lowest BCUT2D eigenvalue weighted by Gasteiger charge is -2.43. The molecule has 6 nitrogen and oxygen atoms in total. The first kappa shape index (κ1) is 12.7. The minimum atomic E-state index is -3.69. The number of nitrogen functional groups attached to an aromatic ring is 1. The summed E-state index contributed by atoms with van der Waals surface area (Å²) in [5.74, 6) is -0.229. The van der Waals surface area contributed by atoms with Gasteiger partial charge in [0.15, 0.2) is 4.75 Å². The van der Waals surface area contributed by atoms with Crippen LogP contribution in [0.3, 0.4) is 0 Å². The van der Waals surface area contributed by atoms with Crippen LogP contribution in [0.2, 0.25) is 0 Å². The van der Waals surface area contributed by atoms with Crippen LogP contribution in [0, 0.1) is 0 Å². The molecule has 0 aliphatic carbocycles. The summed E-state index contributed by atoms with van der Waals surface area (Å²) < 4.78 is 28.5. The Hall–Kier alpha value is -1.76. The molecule has 0 bridgehead atoms. The fourth-order valence-electron chi connectivity index (χ4n) is 1.75. The Morgan fingerprint density at radius 1 is 1.33 bits per heavy atom. The Kier molecular flexibility index (Phi) is 2.55. The van der Waals surface area contributed by atoms with Crippen molar-refractivity contribution in [3.05, 3.63) is 18.2 Å². The highest BCUT2D eigenvalue weighted by molar-refractivity contribution is 7.98. The number of anilines is 2. The van der Waals surface area contributed by atoms with Crippen molar-refractivity contribution in [2.24, 2.45) is 0 Å². The van der Waals surface area contributed by atoms with Crippen molar-refractivity contribution in [1.29, 1.82) is 0 Å². The van der Waals surface area contributed by atoms with Crippen LogP contribution in [0.4, 0.5) is 11.4 Å². The Morgan fingerprint density at radius 3 is 2.44 bits per heavy atom. The summed E-state index contributed by atoms with van der Waals surface area (Å²) in [6.07, 6.45) is 0. The van der Waals surface area contributed by atoms with Crippen LogP contribution < -0.4 is 14.8 Å². The molecule has 1 fully saturated rings. The second-order valence-corrected chi connectivity index (χ2v) is 6.85. The van der Waals surface area contributed by atoms with E-state index in [2.05, 4.69) is 0 Å².